The predicted octanol–water partition coefficient (Wildman–Crippen LogP) is 2.77. The first-order valence-electron chi connectivity index (χ1n) is 5.87. The van der Waals surface area contributed by atoms with Crippen molar-refractivity contribution in [3.8, 4) is 0 Å². The van der Waals surface area contributed by atoms with Gasteiger partial charge in [-0.25, -0.2) is 4.98 Å². The van der Waals surface area contributed by atoms with Gasteiger partial charge in [0.05, 0.1) is 23.9 Å². The molecule has 0 spiro atoms. The Labute approximate surface area is 115 Å². The number of esters is 1. The summed E-state index contributed by atoms with van der Waals surface area (Å²) in [5.41, 5.74) is 0.391. The SMILES string of the molecule is CCOC(=O)C12CC(c3ncc(Cl)nc3Cl)(C1)C2. The number of carbonyl (C=O) groups is 1. The van der Waals surface area contributed by atoms with Gasteiger partial charge in [0.1, 0.15) is 5.15 Å². The van der Waals surface area contributed by atoms with Gasteiger partial charge >= 0.3 is 5.97 Å². The van der Waals surface area contributed by atoms with E-state index in [1.807, 2.05) is 6.92 Å². The van der Waals surface area contributed by atoms with E-state index in [4.69, 9.17) is 27.9 Å². The summed E-state index contributed by atoms with van der Waals surface area (Å²) >= 11 is 11.8. The molecular formula is C12H12Cl2N2O2. The van der Waals surface area contributed by atoms with E-state index in [2.05, 4.69) is 9.97 Å². The standard InChI is InChI=1S/C12H12Cl2N2O2/c1-2-18-10(17)12-4-11(5-12,6-12)8-9(14)16-7(13)3-15-8/h3H,2,4-6H2,1H3. The average Bonchev–Trinajstić information content (AvgIpc) is 2.17. The maximum Gasteiger partial charge on any atom is 0.312 e. The molecule has 0 atom stereocenters. The molecule has 3 saturated carbocycles. The van der Waals surface area contributed by atoms with Crippen molar-refractivity contribution in [2.24, 2.45) is 5.41 Å². The number of hydrogen-bond donors (Lipinski definition) is 0. The molecule has 3 fully saturated rings. The summed E-state index contributed by atoms with van der Waals surface area (Å²) in [4.78, 5) is 20.1. The molecular weight excluding hydrogens is 275 g/mol. The molecule has 1 aromatic heterocycles. The van der Waals surface area contributed by atoms with E-state index in [0.717, 1.165) is 25.0 Å². The van der Waals surface area contributed by atoms with Crippen LogP contribution in [0.1, 0.15) is 31.9 Å². The highest BCUT2D eigenvalue weighted by Gasteiger charge is 2.74. The van der Waals surface area contributed by atoms with Gasteiger partial charge in [-0.15, -0.1) is 0 Å². The molecule has 18 heavy (non-hydrogen) atoms. The fourth-order valence-electron chi connectivity index (χ4n) is 3.24. The molecule has 6 heteroatoms. The zero-order chi connectivity index (χ0) is 13.0. The summed E-state index contributed by atoms with van der Waals surface area (Å²) in [5.74, 6) is -0.0927. The second-order valence-electron chi connectivity index (χ2n) is 5.14. The summed E-state index contributed by atoms with van der Waals surface area (Å²) in [5, 5.41) is 0.634. The number of ether oxygens (including phenoxy) is 1. The van der Waals surface area contributed by atoms with Crippen molar-refractivity contribution in [3.63, 3.8) is 0 Å². The van der Waals surface area contributed by atoms with Gasteiger partial charge in [-0.3, -0.25) is 9.78 Å². The lowest BCUT2D eigenvalue weighted by atomic mass is 9.34. The van der Waals surface area contributed by atoms with Crippen LogP contribution >= 0.6 is 23.2 Å². The smallest absolute Gasteiger partial charge is 0.312 e. The fourth-order valence-corrected chi connectivity index (χ4v) is 3.76. The molecule has 4 nitrogen and oxygen atoms in total. The van der Waals surface area contributed by atoms with Gasteiger partial charge in [-0.2, -0.15) is 0 Å². The number of nitrogens with zero attached hydrogens (tertiary/aromatic N) is 2. The number of hydrogen-bond acceptors (Lipinski definition) is 4. The van der Waals surface area contributed by atoms with E-state index in [1.54, 1.807) is 0 Å². The highest BCUT2D eigenvalue weighted by Crippen LogP contribution is 2.74. The Kier molecular flexibility index (Phi) is 2.58. The minimum Gasteiger partial charge on any atom is -0.466 e. The monoisotopic (exact) mass is 286 g/mol. The van der Waals surface area contributed by atoms with E-state index in [-0.39, 0.29) is 22.0 Å². The summed E-state index contributed by atoms with van der Waals surface area (Å²) < 4.78 is 5.09. The normalized spacial score (nSPS) is 32.4. The first kappa shape index (κ1) is 12.2. The van der Waals surface area contributed by atoms with Crippen molar-refractivity contribution in [2.45, 2.75) is 31.6 Å². The number of carbonyl (C=O) groups excluding carboxylic acids is 1. The van der Waals surface area contributed by atoms with Crippen LogP contribution in [-0.2, 0) is 14.9 Å². The molecule has 0 aromatic carbocycles. The first-order chi connectivity index (χ1) is 8.51. The van der Waals surface area contributed by atoms with Gasteiger partial charge in [0.15, 0.2) is 5.15 Å². The van der Waals surface area contributed by atoms with Gasteiger partial charge in [0.2, 0.25) is 0 Å². The van der Waals surface area contributed by atoms with Crippen LogP contribution in [0.25, 0.3) is 0 Å². The van der Waals surface area contributed by atoms with Crippen molar-refractivity contribution in [1.82, 2.24) is 9.97 Å². The third-order valence-electron chi connectivity index (χ3n) is 3.94. The van der Waals surface area contributed by atoms with Gasteiger partial charge in [0.25, 0.3) is 0 Å². The second kappa shape index (κ2) is 3.81. The molecule has 2 bridgehead atoms. The second-order valence-corrected chi connectivity index (χ2v) is 5.89. The summed E-state index contributed by atoms with van der Waals surface area (Å²) in [7, 11) is 0. The van der Waals surface area contributed by atoms with E-state index >= 15 is 0 Å². The minimum atomic E-state index is -0.291. The fraction of sp³-hybridized carbons (Fsp3) is 0.583. The van der Waals surface area contributed by atoms with Crippen LogP contribution < -0.4 is 0 Å². The number of halogens is 2. The molecule has 3 aliphatic rings. The Morgan fingerprint density at radius 1 is 1.44 bits per heavy atom. The Bertz CT molecular complexity index is 513. The van der Waals surface area contributed by atoms with Gasteiger partial charge in [-0.05, 0) is 26.2 Å². The number of rotatable bonds is 3. The van der Waals surface area contributed by atoms with Crippen molar-refractivity contribution >= 4 is 29.2 Å². The highest BCUT2D eigenvalue weighted by molar-refractivity contribution is 6.32. The van der Waals surface area contributed by atoms with Gasteiger partial charge in [-0.1, -0.05) is 23.2 Å². The average molecular weight is 287 g/mol. The molecule has 3 aliphatic carbocycles. The number of aromatic nitrogens is 2. The summed E-state index contributed by atoms with van der Waals surface area (Å²) in [6.45, 7) is 2.25. The minimum absolute atomic E-state index is 0.0819. The van der Waals surface area contributed by atoms with Crippen LogP contribution in [0.2, 0.25) is 10.3 Å². The highest BCUT2D eigenvalue weighted by atomic mass is 35.5. The molecule has 0 unspecified atom stereocenters. The van der Waals surface area contributed by atoms with Crippen molar-refractivity contribution in [3.05, 3.63) is 22.2 Å². The van der Waals surface area contributed by atoms with Crippen molar-refractivity contribution in [1.29, 1.82) is 0 Å². The third kappa shape index (κ3) is 1.48. The Hall–Kier alpha value is -0.870. The van der Waals surface area contributed by atoms with Gasteiger partial charge < -0.3 is 4.74 Å². The first-order valence-corrected chi connectivity index (χ1v) is 6.63. The van der Waals surface area contributed by atoms with Crippen LogP contribution in [0.4, 0.5) is 0 Å². The Morgan fingerprint density at radius 3 is 2.67 bits per heavy atom. The van der Waals surface area contributed by atoms with Crippen LogP contribution in [0.5, 0.6) is 0 Å². The van der Waals surface area contributed by atoms with E-state index in [1.165, 1.54) is 6.20 Å². The third-order valence-corrected chi connectivity index (χ3v) is 4.39. The van der Waals surface area contributed by atoms with E-state index in [0.29, 0.717) is 11.8 Å². The zero-order valence-electron chi connectivity index (χ0n) is 9.87. The lowest BCUT2D eigenvalue weighted by Gasteiger charge is -2.68. The molecule has 96 valence electrons. The predicted molar refractivity (Wildman–Crippen MR) is 66.6 cm³/mol. The molecule has 0 N–H and O–H groups in total. The topological polar surface area (TPSA) is 52.1 Å². The van der Waals surface area contributed by atoms with Crippen molar-refractivity contribution < 1.29 is 9.53 Å². The Balaban J connectivity index is 1.78. The summed E-state index contributed by atoms with van der Waals surface area (Å²) in [6.07, 6.45) is 3.78. The van der Waals surface area contributed by atoms with Crippen molar-refractivity contribution in [2.75, 3.05) is 6.61 Å². The van der Waals surface area contributed by atoms with Gasteiger partial charge in [0, 0.05) is 5.41 Å². The van der Waals surface area contributed by atoms with E-state index < -0.39 is 0 Å². The molecule has 4 rings (SSSR count). The van der Waals surface area contributed by atoms with Crippen LogP contribution in [0, 0.1) is 5.41 Å². The lowest BCUT2D eigenvalue weighted by Crippen LogP contribution is -2.68. The molecule has 1 heterocycles. The quantitative estimate of drug-likeness (QED) is 0.802. The lowest BCUT2D eigenvalue weighted by molar-refractivity contribution is -0.201. The van der Waals surface area contributed by atoms with E-state index in [9.17, 15) is 4.79 Å². The van der Waals surface area contributed by atoms with Crippen LogP contribution in [0.3, 0.4) is 0 Å². The zero-order valence-corrected chi connectivity index (χ0v) is 11.4. The summed E-state index contributed by atoms with van der Waals surface area (Å²) in [6, 6.07) is 0. The largest absolute Gasteiger partial charge is 0.466 e. The maximum atomic E-state index is 11.8. The molecule has 0 radical (unpaired) electrons. The maximum absolute atomic E-state index is 11.8. The molecule has 0 saturated heterocycles. The Morgan fingerprint density at radius 2 is 2.11 bits per heavy atom. The van der Waals surface area contributed by atoms with Crippen LogP contribution in [0.15, 0.2) is 6.20 Å². The molecule has 0 amide bonds. The van der Waals surface area contributed by atoms with Crippen LogP contribution in [-0.4, -0.2) is 22.5 Å². The molecule has 0 aliphatic heterocycles. The molecule has 1 aromatic rings.